The molecule has 0 fully saturated rings. The summed E-state index contributed by atoms with van der Waals surface area (Å²) in [4.78, 5) is 10.8. The van der Waals surface area contributed by atoms with Crippen molar-refractivity contribution < 1.29 is 9.90 Å². The zero-order valence-electron chi connectivity index (χ0n) is 4.16. The second-order valence-electron chi connectivity index (χ2n) is 1.12. The van der Waals surface area contributed by atoms with Gasteiger partial charge in [0, 0.05) is 7.05 Å². The number of thiol groups is 1. The van der Waals surface area contributed by atoms with Crippen LogP contribution < -0.4 is 0 Å². The summed E-state index contributed by atoms with van der Waals surface area (Å²) in [5, 5.41) is 8.14. The highest BCUT2D eigenvalue weighted by Crippen LogP contribution is 1.91. The van der Waals surface area contributed by atoms with Gasteiger partial charge in [0.1, 0.15) is 4.32 Å². The Bertz CT molecular complexity index is 110. The van der Waals surface area contributed by atoms with Crippen LogP contribution in [-0.2, 0) is 0 Å². The van der Waals surface area contributed by atoms with E-state index in [0.717, 1.165) is 4.90 Å². The standard InChI is InChI=1S/C3H5NO2S2/c1-4(2(5)6)3(7)8/h1H3,(H,5,6)(H,7,8). The molecule has 1 amide bonds. The summed E-state index contributed by atoms with van der Waals surface area (Å²) in [5.74, 6) is 0. The molecule has 0 unspecified atom stereocenters. The molecule has 1 N–H and O–H groups in total. The average molecular weight is 151 g/mol. The summed E-state index contributed by atoms with van der Waals surface area (Å²) in [6.45, 7) is 0. The number of rotatable bonds is 0. The van der Waals surface area contributed by atoms with Gasteiger partial charge in [0.15, 0.2) is 0 Å². The topological polar surface area (TPSA) is 40.5 Å². The second kappa shape index (κ2) is 2.88. The van der Waals surface area contributed by atoms with E-state index in [1.807, 2.05) is 0 Å². The lowest BCUT2D eigenvalue weighted by Crippen LogP contribution is -2.26. The van der Waals surface area contributed by atoms with Gasteiger partial charge in [0.2, 0.25) is 0 Å². The van der Waals surface area contributed by atoms with Crippen LogP contribution in [-0.4, -0.2) is 27.5 Å². The third-order valence-electron chi connectivity index (χ3n) is 0.574. The molecule has 0 aromatic carbocycles. The largest absolute Gasteiger partial charge is 0.465 e. The molecule has 3 nitrogen and oxygen atoms in total. The smallest absolute Gasteiger partial charge is 0.412 e. The first-order valence-electron chi connectivity index (χ1n) is 1.75. The van der Waals surface area contributed by atoms with Gasteiger partial charge in [-0.2, -0.15) is 0 Å². The lowest BCUT2D eigenvalue weighted by atomic mass is 10.9. The van der Waals surface area contributed by atoms with Crippen molar-refractivity contribution in [2.45, 2.75) is 0 Å². The predicted octanol–water partition coefficient (Wildman–Crippen LogP) is 0.811. The minimum Gasteiger partial charge on any atom is -0.465 e. The maximum absolute atomic E-state index is 9.93. The first-order chi connectivity index (χ1) is 3.55. The molecule has 0 radical (unpaired) electrons. The average Bonchev–Trinajstić information content (AvgIpc) is 1.64. The Balaban J connectivity index is 3.83. The van der Waals surface area contributed by atoms with Crippen molar-refractivity contribution in [1.29, 1.82) is 0 Å². The first-order valence-corrected chi connectivity index (χ1v) is 2.61. The molecule has 0 bridgehead atoms. The molecule has 0 aromatic heterocycles. The highest BCUT2D eigenvalue weighted by atomic mass is 32.1. The summed E-state index contributed by atoms with van der Waals surface area (Å²) in [6, 6.07) is 0. The Morgan fingerprint density at radius 2 is 2.25 bits per heavy atom. The SMILES string of the molecule is CN(C(=O)O)C(=S)S. The van der Waals surface area contributed by atoms with Crippen LogP contribution in [0.4, 0.5) is 4.79 Å². The van der Waals surface area contributed by atoms with Crippen molar-refractivity contribution >= 4 is 35.3 Å². The van der Waals surface area contributed by atoms with Gasteiger partial charge in [-0.25, -0.2) is 4.79 Å². The molecular formula is C3H5NO2S2. The third-order valence-corrected chi connectivity index (χ3v) is 1.15. The molecule has 5 heteroatoms. The molecule has 0 spiro atoms. The summed E-state index contributed by atoms with van der Waals surface area (Å²) < 4.78 is 0.0532. The van der Waals surface area contributed by atoms with Crippen molar-refractivity contribution in [2.75, 3.05) is 7.05 Å². The van der Waals surface area contributed by atoms with Crippen molar-refractivity contribution in [3.8, 4) is 0 Å². The summed E-state index contributed by atoms with van der Waals surface area (Å²) in [5.41, 5.74) is 0. The minimum absolute atomic E-state index is 0.0532. The molecule has 0 saturated carbocycles. The van der Waals surface area contributed by atoms with E-state index in [0.29, 0.717) is 0 Å². The molecule has 0 rings (SSSR count). The van der Waals surface area contributed by atoms with Gasteiger partial charge in [-0.3, -0.25) is 4.90 Å². The molecule has 0 aliphatic rings. The van der Waals surface area contributed by atoms with Crippen molar-refractivity contribution in [3.63, 3.8) is 0 Å². The van der Waals surface area contributed by atoms with Gasteiger partial charge >= 0.3 is 6.09 Å². The number of amides is 1. The molecule has 8 heavy (non-hydrogen) atoms. The van der Waals surface area contributed by atoms with Crippen LogP contribution in [0.25, 0.3) is 0 Å². The Kier molecular flexibility index (Phi) is 2.78. The quantitative estimate of drug-likeness (QED) is 0.397. The number of nitrogens with zero attached hydrogens (tertiary/aromatic N) is 1. The van der Waals surface area contributed by atoms with E-state index in [4.69, 9.17) is 5.11 Å². The monoisotopic (exact) mass is 151 g/mol. The number of hydrogen-bond acceptors (Lipinski definition) is 2. The van der Waals surface area contributed by atoms with E-state index in [1.165, 1.54) is 7.05 Å². The second-order valence-corrected chi connectivity index (χ2v) is 2.24. The Morgan fingerprint density at radius 1 is 1.88 bits per heavy atom. The number of thiocarbonyl (C=S) groups is 1. The van der Waals surface area contributed by atoms with Gasteiger partial charge in [-0.15, -0.1) is 12.6 Å². The highest BCUT2D eigenvalue weighted by molar-refractivity contribution is 8.11. The van der Waals surface area contributed by atoms with Crippen LogP contribution in [0.2, 0.25) is 0 Å². The fourth-order valence-electron chi connectivity index (χ4n) is 0.0818. The van der Waals surface area contributed by atoms with Crippen LogP contribution in [0.1, 0.15) is 0 Å². The molecule has 0 aliphatic heterocycles. The van der Waals surface area contributed by atoms with Crippen LogP contribution >= 0.6 is 24.8 Å². The molecule has 0 aromatic rings. The molecular weight excluding hydrogens is 146 g/mol. The summed E-state index contributed by atoms with van der Waals surface area (Å²) in [7, 11) is 1.33. The molecule has 0 saturated heterocycles. The van der Waals surface area contributed by atoms with Crippen molar-refractivity contribution in [1.82, 2.24) is 4.90 Å². The van der Waals surface area contributed by atoms with Gasteiger partial charge in [-0.1, -0.05) is 12.2 Å². The molecule has 0 heterocycles. The lowest BCUT2D eigenvalue weighted by molar-refractivity contribution is 0.177. The van der Waals surface area contributed by atoms with E-state index in [2.05, 4.69) is 24.8 Å². The van der Waals surface area contributed by atoms with E-state index in [-0.39, 0.29) is 4.32 Å². The van der Waals surface area contributed by atoms with Gasteiger partial charge in [0.25, 0.3) is 0 Å². The Labute approximate surface area is 57.7 Å². The number of hydrogen-bond donors (Lipinski definition) is 2. The third kappa shape index (κ3) is 2.13. The zero-order valence-corrected chi connectivity index (χ0v) is 5.87. The maximum atomic E-state index is 9.93. The predicted molar refractivity (Wildman–Crippen MR) is 37.4 cm³/mol. The first kappa shape index (κ1) is 7.71. The number of carboxylic acid groups (broad SMARTS) is 1. The van der Waals surface area contributed by atoms with Crippen LogP contribution in [0.3, 0.4) is 0 Å². The fourth-order valence-corrected chi connectivity index (χ4v) is 0.245. The Morgan fingerprint density at radius 3 is 2.25 bits per heavy atom. The Hall–Kier alpha value is -0.290. The zero-order chi connectivity index (χ0) is 6.73. The van der Waals surface area contributed by atoms with Crippen LogP contribution in [0.15, 0.2) is 0 Å². The van der Waals surface area contributed by atoms with E-state index in [9.17, 15) is 4.79 Å². The van der Waals surface area contributed by atoms with E-state index >= 15 is 0 Å². The molecule has 46 valence electrons. The van der Waals surface area contributed by atoms with Crippen molar-refractivity contribution in [3.05, 3.63) is 0 Å². The van der Waals surface area contributed by atoms with Gasteiger partial charge in [0.05, 0.1) is 0 Å². The van der Waals surface area contributed by atoms with Gasteiger partial charge in [-0.05, 0) is 0 Å². The fraction of sp³-hybridized carbons (Fsp3) is 0.333. The van der Waals surface area contributed by atoms with Crippen LogP contribution in [0, 0.1) is 0 Å². The molecule has 0 aliphatic carbocycles. The summed E-state index contributed by atoms with van der Waals surface area (Å²) in [6.07, 6.45) is -1.09. The lowest BCUT2D eigenvalue weighted by Gasteiger charge is -2.07. The molecule has 0 atom stereocenters. The maximum Gasteiger partial charge on any atom is 0.412 e. The highest BCUT2D eigenvalue weighted by Gasteiger charge is 2.05. The number of carbonyl (C=O) groups is 1. The summed E-state index contributed by atoms with van der Waals surface area (Å²) >= 11 is 8.01. The normalized spacial score (nSPS) is 8.25. The van der Waals surface area contributed by atoms with Crippen molar-refractivity contribution in [2.24, 2.45) is 0 Å². The van der Waals surface area contributed by atoms with Crippen LogP contribution in [0.5, 0.6) is 0 Å². The minimum atomic E-state index is -1.09. The van der Waals surface area contributed by atoms with Gasteiger partial charge < -0.3 is 5.11 Å². The van der Waals surface area contributed by atoms with E-state index in [1.54, 1.807) is 0 Å². The van der Waals surface area contributed by atoms with E-state index < -0.39 is 6.09 Å².